The normalized spacial score (nSPS) is 26.1. The Labute approximate surface area is 180 Å². The molecule has 0 spiro atoms. The topological polar surface area (TPSA) is 63.3 Å². The number of nitrogens with zero attached hydrogens (tertiary/aromatic N) is 4. The number of benzene rings is 1. The average molecular weight is 425 g/mol. The molecule has 0 amide bonds. The van der Waals surface area contributed by atoms with Crippen LogP contribution in [0.2, 0.25) is 0 Å². The molecule has 0 radical (unpaired) electrons. The number of aryl methyl sites for hydroxylation is 2. The molecule has 1 unspecified atom stereocenters. The Morgan fingerprint density at radius 1 is 1.19 bits per heavy atom. The van der Waals surface area contributed by atoms with E-state index in [0.29, 0.717) is 12.8 Å². The lowest BCUT2D eigenvalue weighted by molar-refractivity contribution is -0.0677. The maximum Gasteiger partial charge on any atom is 0.266 e. The zero-order valence-corrected chi connectivity index (χ0v) is 18.1. The van der Waals surface area contributed by atoms with Gasteiger partial charge in [0, 0.05) is 42.8 Å². The van der Waals surface area contributed by atoms with Crippen LogP contribution in [0.5, 0.6) is 0 Å². The highest BCUT2D eigenvalue weighted by atomic mass is 19.1. The van der Waals surface area contributed by atoms with Crippen LogP contribution in [0.4, 0.5) is 4.39 Å². The molecule has 1 aromatic carbocycles. The van der Waals surface area contributed by atoms with E-state index in [0.717, 1.165) is 42.5 Å². The van der Waals surface area contributed by atoms with Crippen molar-refractivity contribution in [2.75, 3.05) is 0 Å². The first-order valence-corrected chi connectivity index (χ1v) is 11.2. The quantitative estimate of drug-likeness (QED) is 0.683. The van der Waals surface area contributed by atoms with Gasteiger partial charge >= 0.3 is 0 Å². The predicted molar refractivity (Wildman–Crippen MR) is 117 cm³/mol. The number of hydrogen-bond acceptors (Lipinski definition) is 4. The second-order valence-electron chi connectivity index (χ2n) is 9.26. The summed E-state index contributed by atoms with van der Waals surface area (Å²) in [5.41, 5.74) is 1.81. The van der Waals surface area contributed by atoms with Crippen molar-refractivity contribution in [2.45, 2.75) is 76.8 Å². The standard InChI is InChI=1S/C24H29FN4O2/c1-3-27-13-17(21-8-5-18(25)10-22(21)27)14-28-19-6-7-20(28)12-24(31,11-19)15-29-23(30)9-4-16(2)26-29/h4-5,8-10,13,19-20,31H,3,6-7,11-12,14-15H2,1-2H3/t19-,20+,24?. The van der Waals surface area contributed by atoms with Crippen LogP contribution in [0.3, 0.4) is 0 Å². The van der Waals surface area contributed by atoms with E-state index in [9.17, 15) is 14.3 Å². The first-order chi connectivity index (χ1) is 14.8. The summed E-state index contributed by atoms with van der Waals surface area (Å²) >= 11 is 0. The molecule has 164 valence electrons. The van der Waals surface area contributed by atoms with Crippen LogP contribution < -0.4 is 5.56 Å². The van der Waals surface area contributed by atoms with Gasteiger partial charge in [-0.3, -0.25) is 9.69 Å². The van der Waals surface area contributed by atoms with Crippen molar-refractivity contribution in [3.63, 3.8) is 0 Å². The molecular weight excluding hydrogens is 395 g/mol. The molecule has 5 rings (SSSR count). The van der Waals surface area contributed by atoms with Crippen LogP contribution in [0.1, 0.15) is 43.9 Å². The third kappa shape index (κ3) is 3.70. The maximum absolute atomic E-state index is 13.8. The van der Waals surface area contributed by atoms with E-state index in [1.165, 1.54) is 22.4 Å². The molecule has 2 aliphatic heterocycles. The summed E-state index contributed by atoms with van der Waals surface area (Å²) in [4.78, 5) is 14.7. The number of aliphatic hydroxyl groups is 1. The van der Waals surface area contributed by atoms with Crippen LogP contribution >= 0.6 is 0 Å². The Morgan fingerprint density at radius 2 is 1.94 bits per heavy atom. The summed E-state index contributed by atoms with van der Waals surface area (Å²) in [6.45, 7) is 5.75. The minimum absolute atomic E-state index is 0.173. The molecule has 2 aromatic heterocycles. The lowest BCUT2D eigenvalue weighted by Gasteiger charge is -2.43. The van der Waals surface area contributed by atoms with E-state index in [1.54, 1.807) is 12.1 Å². The second kappa shape index (κ2) is 7.57. The van der Waals surface area contributed by atoms with Gasteiger partial charge in [-0.2, -0.15) is 5.10 Å². The fourth-order valence-corrected chi connectivity index (χ4v) is 5.67. The molecule has 0 aliphatic carbocycles. The van der Waals surface area contributed by atoms with Crippen molar-refractivity contribution in [3.05, 3.63) is 64.0 Å². The van der Waals surface area contributed by atoms with Crippen molar-refractivity contribution in [1.29, 1.82) is 0 Å². The molecule has 1 N–H and O–H groups in total. The third-order valence-electron chi connectivity index (χ3n) is 7.07. The number of aromatic nitrogens is 3. The monoisotopic (exact) mass is 424 g/mol. The summed E-state index contributed by atoms with van der Waals surface area (Å²) in [6.07, 6.45) is 5.49. The zero-order chi connectivity index (χ0) is 21.8. The molecular formula is C24H29FN4O2. The Bertz CT molecular complexity index is 1170. The van der Waals surface area contributed by atoms with Gasteiger partial charge in [0.15, 0.2) is 0 Å². The van der Waals surface area contributed by atoms with Gasteiger partial charge in [0.05, 0.1) is 23.4 Å². The Balaban J connectivity index is 1.38. The Hall–Kier alpha value is -2.51. The van der Waals surface area contributed by atoms with Gasteiger partial charge in [0.1, 0.15) is 5.82 Å². The van der Waals surface area contributed by atoms with Crippen molar-refractivity contribution < 1.29 is 9.50 Å². The van der Waals surface area contributed by atoms with Gasteiger partial charge in [-0.25, -0.2) is 9.07 Å². The van der Waals surface area contributed by atoms with E-state index < -0.39 is 5.60 Å². The summed E-state index contributed by atoms with van der Waals surface area (Å²) in [6, 6.07) is 8.77. The van der Waals surface area contributed by atoms with Crippen LogP contribution in [0.25, 0.3) is 10.9 Å². The van der Waals surface area contributed by atoms with Crippen molar-refractivity contribution in [3.8, 4) is 0 Å². The fourth-order valence-electron chi connectivity index (χ4n) is 5.67. The second-order valence-corrected chi connectivity index (χ2v) is 9.26. The summed E-state index contributed by atoms with van der Waals surface area (Å²) in [5, 5.41) is 16.8. The third-order valence-corrected chi connectivity index (χ3v) is 7.07. The molecule has 3 atom stereocenters. The molecule has 31 heavy (non-hydrogen) atoms. The van der Waals surface area contributed by atoms with Crippen LogP contribution in [0.15, 0.2) is 41.3 Å². The molecule has 2 saturated heterocycles. The van der Waals surface area contributed by atoms with Gasteiger partial charge in [-0.05, 0) is 69.4 Å². The molecule has 2 fully saturated rings. The molecule has 6 nitrogen and oxygen atoms in total. The fraction of sp³-hybridized carbons (Fsp3) is 0.500. The minimum atomic E-state index is -0.923. The van der Waals surface area contributed by atoms with E-state index in [1.807, 2.05) is 13.0 Å². The SMILES string of the molecule is CCn1cc(CN2[C@@H]3CC[C@H]2CC(O)(Cn2nc(C)ccc2=O)C3)c2ccc(F)cc21. The van der Waals surface area contributed by atoms with Gasteiger partial charge in [0.25, 0.3) is 5.56 Å². The highest BCUT2D eigenvalue weighted by Gasteiger charge is 2.47. The highest BCUT2D eigenvalue weighted by molar-refractivity contribution is 5.84. The zero-order valence-electron chi connectivity index (χ0n) is 18.1. The Kier molecular flexibility index (Phi) is 4.98. The average Bonchev–Trinajstić information content (AvgIpc) is 3.19. The lowest BCUT2D eigenvalue weighted by Crippen LogP contribution is -2.53. The van der Waals surface area contributed by atoms with E-state index in [4.69, 9.17) is 0 Å². The Morgan fingerprint density at radius 3 is 2.65 bits per heavy atom. The molecule has 2 aliphatic rings. The van der Waals surface area contributed by atoms with Gasteiger partial charge in [-0.15, -0.1) is 0 Å². The molecule has 7 heteroatoms. The summed E-state index contributed by atoms with van der Waals surface area (Å²) in [7, 11) is 0. The van der Waals surface area contributed by atoms with Gasteiger partial charge in [-0.1, -0.05) is 0 Å². The number of piperidine rings is 1. The van der Waals surface area contributed by atoms with E-state index in [2.05, 4.69) is 27.7 Å². The maximum atomic E-state index is 13.8. The van der Waals surface area contributed by atoms with Crippen molar-refractivity contribution in [2.24, 2.45) is 0 Å². The summed E-state index contributed by atoms with van der Waals surface area (Å²) < 4.78 is 17.3. The number of halogens is 1. The number of rotatable bonds is 5. The largest absolute Gasteiger partial charge is 0.388 e. The number of hydrogen-bond donors (Lipinski definition) is 1. The van der Waals surface area contributed by atoms with Crippen molar-refractivity contribution >= 4 is 10.9 Å². The molecule has 3 aromatic rings. The van der Waals surface area contributed by atoms with Crippen LogP contribution in [-0.2, 0) is 19.6 Å². The predicted octanol–water partition coefficient (Wildman–Crippen LogP) is 3.22. The molecule has 0 saturated carbocycles. The van der Waals surface area contributed by atoms with Crippen LogP contribution in [0, 0.1) is 12.7 Å². The molecule has 2 bridgehead atoms. The van der Waals surface area contributed by atoms with Crippen LogP contribution in [-0.4, -0.2) is 42.0 Å². The first kappa shape index (κ1) is 20.4. The van der Waals surface area contributed by atoms with Gasteiger partial charge in [0.2, 0.25) is 0 Å². The summed E-state index contributed by atoms with van der Waals surface area (Å²) in [5.74, 6) is -0.213. The molecule has 4 heterocycles. The lowest BCUT2D eigenvalue weighted by atomic mass is 9.85. The first-order valence-electron chi connectivity index (χ1n) is 11.2. The van der Waals surface area contributed by atoms with E-state index in [-0.39, 0.29) is 30.0 Å². The van der Waals surface area contributed by atoms with E-state index >= 15 is 0 Å². The number of fused-ring (bicyclic) bond motifs is 3. The van der Waals surface area contributed by atoms with Gasteiger partial charge < -0.3 is 9.67 Å². The van der Waals surface area contributed by atoms with Crippen molar-refractivity contribution in [1.82, 2.24) is 19.2 Å². The smallest absolute Gasteiger partial charge is 0.266 e. The highest BCUT2D eigenvalue weighted by Crippen LogP contribution is 2.42. The minimum Gasteiger partial charge on any atom is -0.388 e.